The Hall–Kier alpha value is -1.35. The van der Waals surface area contributed by atoms with Gasteiger partial charge in [0, 0.05) is 13.1 Å². The maximum Gasteiger partial charge on any atom is 0.310 e. The monoisotopic (exact) mass is 275 g/mol. The van der Waals surface area contributed by atoms with Gasteiger partial charge in [-0.15, -0.1) is 0 Å². The molecule has 3 nitrogen and oxygen atoms in total. The second-order valence-corrected chi connectivity index (χ2v) is 6.25. The fraction of sp³-hybridized carbons (Fsp3) is 0.588. The van der Waals surface area contributed by atoms with Crippen molar-refractivity contribution in [2.45, 2.75) is 39.0 Å². The van der Waals surface area contributed by atoms with Crippen LogP contribution in [0.2, 0.25) is 0 Å². The van der Waals surface area contributed by atoms with Crippen molar-refractivity contribution in [3.8, 4) is 0 Å². The summed E-state index contributed by atoms with van der Waals surface area (Å²) in [5.74, 6) is -0.113. The van der Waals surface area contributed by atoms with Crippen molar-refractivity contribution >= 4 is 5.97 Å². The van der Waals surface area contributed by atoms with Crippen molar-refractivity contribution in [3.05, 3.63) is 35.9 Å². The number of hydrogen-bond acceptors (Lipinski definition) is 2. The van der Waals surface area contributed by atoms with E-state index >= 15 is 0 Å². The third-order valence-electron chi connectivity index (χ3n) is 4.43. The van der Waals surface area contributed by atoms with E-state index < -0.39 is 11.4 Å². The molecular weight excluding hydrogens is 250 g/mol. The van der Waals surface area contributed by atoms with Gasteiger partial charge in [-0.3, -0.25) is 4.79 Å². The van der Waals surface area contributed by atoms with E-state index in [4.69, 9.17) is 0 Å². The first-order valence-electron chi connectivity index (χ1n) is 7.56. The van der Waals surface area contributed by atoms with Crippen molar-refractivity contribution in [1.29, 1.82) is 0 Å². The third kappa shape index (κ3) is 3.40. The van der Waals surface area contributed by atoms with E-state index in [1.54, 1.807) is 0 Å². The number of rotatable bonds is 6. The molecule has 0 saturated carbocycles. The number of hydrogen-bond donors (Lipinski definition) is 1. The molecule has 0 aromatic heterocycles. The van der Waals surface area contributed by atoms with Crippen molar-refractivity contribution in [1.82, 2.24) is 4.90 Å². The van der Waals surface area contributed by atoms with Gasteiger partial charge in [0.2, 0.25) is 0 Å². The summed E-state index contributed by atoms with van der Waals surface area (Å²) >= 11 is 0. The second-order valence-electron chi connectivity index (χ2n) is 6.25. The Kier molecular flexibility index (Phi) is 4.81. The standard InChI is InChI=1S/C17H25NO2/c1-3-10-17(2,16(19)20)13-18-11-9-15(12-18)14-7-5-4-6-8-14/h4-8,15H,3,9-13H2,1-2H3,(H,19,20). The highest BCUT2D eigenvalue weighted by Gasteiger charge is 2.36. The molecule has 20 heavy (non-hydrogen) atoms. The smallest absolute Gasteiger partial charge is 0.310 e. The Morgan fingerprint density at radius 2 is 2.10 bits per heavy atom. The molecule has 0 aliphatic carbocycles. The molecule has 110 valence electrons. The lowest BCUT2D eigenvalue weighted by Crippen LogP contribution is -2.40. The number of carboxylic acid groups (broad SMARTS) is 1. The lowest BCUT2D eigenvalue weighted by molar-refractivity contribution is -0.149. The summed E-state index contributed by atoms with van der Waals surface area (Å²) < 4.78 is 0. The minimum Gasteiger partial charge on any atom is -0.481 e. The summed E-state index contributed by atoms with van der Waals surface area (Å²) in [6, 6.07) is 10.6. The summed E-state index contributed by atoms with van der Waals surface area (Å²) in [5, 5.41) is 9.48. The van der Waals surface area contributed by atoms with Gasteiger partial charge in [0.1, 0.15) is 0 Å². The van der Waals surface area contributed by atoms with Gasteiger partial charge < -0.3 is 10.0 Å². The molecule has 1 N–H and O–H groups in total. The van der Waals surface area contributed by atoms with Crippen LogP contribution >= 0.6 is 0 Å². The van der Waals surface area contributed by atoms with Crippen LogP contribution < -0.4 is 0 Å². The van der Waals surface area contributed by atoms with Gasteiger partial charge in [-0.05, 0) is 37.8 Å². The molecular formula is C17H25NO2. The van der Waals surface area contributed by atoms with Gasteiger partial charge in [-0.2, -0.15) is 0 Å². The number of carbonyl (C=O) groups is 1. The van der Waals surface area contributed by atoms with E-state index in [9.17, 15) is 9.90 Å². The van der Waals surface area contributed by atoms with Crippen LogP contribution in [-0.4, -0.2) is 35.6 Å². The predicted octanol–water partition coefficient (Wildman–Crippen LogP) is 3.37. The highest BCUT2D eigenvalue weighted by molar-refractivity contribution is 5.74. The predicted molar refractivity (Wildman–Crippen MR) is 80.9 cm³/mol. The fourth-order valence-corrected chi connectivity index (χ4v) is 3.27. The van der Waals surface area contributed by atoms with E-state index in [1.165, 1.54) is 5.56 Å². The zero-order chi connectivity index (χ0) is 14.6. The quantitative estimate of drug-likeness (QED) is 0.865. The second kappa shape index (κ2) is 6.40. The minimum absolute atomic E-state index is 0.552. The molecule has 1 aromatic rings. The van der Waals surface area contributed by atoms with Gasteiger partial charge in [0.15, 0.2) is 0 Å². The van der Waals surface area contributed by atoms with Crippen molar-refractivity contribution in [3.63, 3.8) is 0 Å². The fourth-order valence-electron chi connectivity index (χ4n) is 3.27. The Labute approximate surface area is 121 Å². The Morgan fingerprint density at radius 1 is 1.40 bits per heavy atom. The Bertz CT molecular complexity index is 446. The maximum absolute atomic E-state index is 11.5. The molecule has 1 heterocycles. The molecule has 1 aliphatic rings. The largest absolute Gasteiger partial charge is 0.481 e. The van der Waals surface area contributed by atoms with E-state index in [1.807, 2.05) is 13.0 Å². The molecule has 1 aliphatic heterocycles. The first kappa shape index (κ1) is 15.0. The normalized spacial score (nSPS) is 22.6. The summed E-state index contributed by atoms with van der Waals surface area (Å²) in [6.45, 7) is 6.59. The van der Waals surface area contributed by atoms with Crippen LogP contribution in [0.15, 0.2) is 30.3 Å². The van der Waals surface area contributed by atoms with Crippen LogP contribution in [-0.2, 0) is 4.79 Å². The van der Waals surface area contributed by atoms with Crippen LogP contribution in [0.1, 0.15) is 44.6 Å². The molecule has 2 rings (SSSR count). The molecule has 0 bridgehead atoms. The van der Waals surface area contributed by atoms with E-state index in [2.05, 4.69) is 36.1 Å². The number of aliphatic carboxylic acids is 1. The molecule has 0 radical (unpaired) electrons. The zero-order valence-electron chi connectivity index (χ0n) is 12.5. The summed E-state index contributed by atoms with van der Waals surface area (Å²) in [7, 11) is 0. The number of likely N-dealkylation sites (tertiary alicyclic amines) is 1. The van der Waals surface area contributed by atoms with Gasteiger partial charge >= 0.3 is 5.97 Å². The SMILES string of the molecule is CCCC(C)(CN1CCC(c2ccccc2)C1)C(=O)O. The molecule has 3 heteroatoms. The van der Waals surface area contributed by atoms with Gasteiger partial charge in [-0.1, -0.05) is 43.7 Å². The van der Waals surface area contributed by atoms with Crippen LogP contribution in [0, 0.1) is 5.41 Å². The molecule has 0 spiro atoms. The number of nitrogens with zero attached hydrogens (tertiary/aromatic N) is 1. The lowest BCUT2D eigenvalue weighted by atomic mass is 9.85. The highest BCUT2D eigenvalue weighted by Crippen LogP contribution is 2.31. The topological polar surface area (TPSA) is 40.5 Å². The number of carboxylic acids is 1. The van der Waals surface area contributed by atoms with Gasteiger partial charge in [-0.25, -0.2) is 0 Å². The van der Waals surface area contributed by atoms with Crippen LogP contribution in [0.25, 0.3) is 0 Å². The molecule has 2 unspecified atom stereocenters. The average molecular weight is 275 g/mol. The minimum atomic E-state index is -0.664. The first-order chi connectivity index (χ1) is 9.55. The molecule has 0 amide bonds. The van der Waals surface area contributed by atoms with E-state index in [0.717, 1.165) is 32.4 Å². The van der Waals surface area contributed by atoms with Crippen molar-refractivity contribution < 1.29 is 9.90 Å². The Morgan fingerprint density at radius 3 is 2.70 bits per heavy atom. The third-order valence-corrected chi connectivity index (χ3v) is 4.43. The number of benzene rings is 1. The summed E-state index contributed by atoms with van der Waals surface area (Å²) in [5.41, 5.74) is 0.767. The lowest BCUT2D eigenvalue weighted by Gasteiger charge is -2.29. The molecule has 1 saturated heterocycles. The van der Waals surface area contributed by atoms with Crippen LogP contribution in [0.4, 0.5) is 0 Å². The maximum atomic E-state index is 11.5. The summed E-state index contributed by atoms with van der Waals surface area (Å²) in [4.78, 5) is 13.8. The molecule has 2 atom stereocenters. The van der Waals surface area contributed by atoms with Crippen molar-refractivity contribution in [2.24, 2.45) is 5.41 Å². The molecule has 1 aromatic carbocycles. The van der Waals surface area contributed by atoms with Crippen molar-refractivity contribution in [2.75, 3.05) is 19.6 Å². The van der Waals surface area contributed by atoms with Gasteiger partial charge in [0.25, 0.3) is 0 Å². The Balaban J connectivity index is 1.97. The molecule has 1 fully saturated rings. The van der Waals surface area contributed by atoms with Crippen LogP contribution in [0.5, 0.6) is 0 Å². The zero-order valence-corrected chi connectivity index (χ0v) is 12.5. The highest BCUT2D eigenvalue weighted by atomic mass is 16.4. The average Bonchev–Trinajstić information content (AvgIpc) is 2.88. The van der Waals surface area contributed by atoms with Crippen LogP contribution in [0.3, 0.4) is 0 Å². The summed E-state index contributed by atoms with van der Waals surface area (Å²) in [6.07, 6.45) is 2.79. The first-order valence-corrected chi connectivity index (χ1v) is 7.56. The van der Waals surface area contributed by atoms with E-state index in [-0.39, 0.29) is 0 Å². The van der Waals surface area contributed by atoms with E-state index in [0.29, 0.717) is 12.5 Å². The van der Waals surface area contributed by atoms with Gasteiger partial charge in [0.05, 0.1) is 5.41 Å².